The summed E-state index contributed by atoms with van der Waals surface area (Å²) < 4.78 is 10.3. The van der Waals surface area contributed by atoms with E-state index in [2.05, 4.69) is 6.92 Å². The molecule has 0 saturated heterocycles. The highest BCUT2D eigenvalue weighted by molar-refractivity contribution is 5.98. The first kappa shape index (κ1) is 12.1. The van der Waals surface area contributed by atoms with Crippen LogP contribution < -0.4 is 0 Å². The van der Waals surface area contributed by atoms with Gasteiger partial charge in [0.05, 0.1) is 0 Å². The number of unbranched alkanes of at least 4 members (excludes halogenated alkanes) is 4. The molecular formula is C9H22O2Si. The first-order valence-electron chi connectivity index (χ1n) is 4.90. The van der Waals surface area contributed by atoms with Gasteiger partial charge in [0.1, 0.15) is 16.8 Å². The molecule has 0 N–H and O–H groups in total. The van der Waals surface area contributed by atoms with Gasteiger partial charge in [-0.3, -0.25) is 0 Å². The summed E-state index contributed by atoms with van der Waals surface area (Å²) in [6.45, 7) is 2.23. The van der Waals surface area contributed by atoms with Gasteiger partial charge in [-0.15, -0.1) is 0 Å². The molecule has 0 aromatic rings. The third kappa shape index (κ3) is 6.82. The zero-order valence-corrected chi connectivity index (χ0v) is 10.6. The van der Waals surface area contributed by atoms with E-state index in [0.717, 1.165) is 16.9 Å². The van der Waals surface area contributed by atoms with Gasteiger partial charge in [-0.05, 0) is 12.8 Å². The molecule has 3 heteroatoms. The fourth-order valence-corrected chi connectivity index (χ4v) is 1.67. The molecule has 0 aliphatic carbocycles. The van der Waals surface area contributed by atoms with Crippen molar-refractivity contribution in [2.24, 2.45) is 0 Å². The summed E-state index contributed by atoms with van der Waals surface area (Å²) in [5.41, 5.74) is 0. The molecule has 12 heavy (non-hydrogen) atoms. The molecule has 1 atom stereocenters. The SMILES string of the molecule is CCCCCCCC(OC)O[SiH3]. The Balaban J connectivity index is 3.06. The summed E-state index contributed by atoms with van der Waals surface area (Å²) in [4.78, 5) is 0. The van der Waals surface area contributed by atoms with Gasteiger partial charge in [0, 0.05) is 7.11 Å². The zero-order valence-electron chi connectivity index (χ0n) is 8.64. The second-order valence-electron chi connectivity index (χ2n) is 3.10. The monoisotopic (exact) mass is 190 g/mol. The maximum Gasteiger partial charge on any atom is 0.149 e. The summed E-state index contributed by atoms with van der Waals surface area (Å²) in [5.74, 6) is 0. The third-order valence-corrected chi connectivity index (χ3v) is 2.59. The van der Waals surface area contributed by atoms with Gasteiger partial charge in [-0.25, -0.2) is 0 Å². The van der Waals surface area contributed by atoms with E-state index in [0.29, 0.717) is 0 Å². The Bertz CT molecular complexity index is 84.6. The minimum Gasteiger partial charge on any atom is -0.404 e. The van der Waals surface area contributed by atoms with Gasteiger partial charge in [0.25, 0.3) is 0 Å². The van der Waals surface area contributed by atoms with Gasteiger partial charge in [0.2, 0.25) is 0 Å². The van der Waals surface area contributed by atoms with Crippen LogP contribution in [-0.4, -0.2) is 23.9 Å². The Morgan fingerprint density at radius 2 is 1.83 bits per heavy atom. The number of hydrogen-bond donors (Lipinski definition) is 0. The van der Waals surface area contributed by atoms with E-state index in [1.807, 2.05) is 0 Å². The Morgan fingerprint density at radius 1 is 1.17 bits per heavy atom. The Hall–Kier alpha value is 0.137. The lowest BCUT2D eigenvalue weighted by atomic mass is 10.1. The molecule has 2 nitrogen and oxygen atoms in total. The van der Waals surface area contributed by atoms with Gasteiger partial charge >= 0.3 is 0 Å². The van der Waals surface area contributed by atoms with E-state index in [9.17, 15) is 0 Å². The number of rotatable bonds is 8. The normalized spacial score (nSPS) is 13.5. The van der Waals surface area contributed by atoms with E-state index in [4.69, 9.17) is 9.16 Å². The van der Waals surface area contributed by atoms with Gasteiger partial charge < -0.3 is 9.16 Å². The van der Waals surface area contributed by atoms with Crippen molar-refractivity contribution in [1.29, 1.82) is 0 Å². The van der Waals surface area contributed by atoms with Gasteiger partial charge in [-0.1, -0.05) is 32.6 Å². The number of methoxy groups -OCH3 is 1. The molecule has 0 aliphatic rings. The highest BCUT2D eigenvalue weighted by Crippen LogP contribution is 2.08. The molecule has 0 radical (unpaired) electrons. The van der Waals surface area contributed by atoms with Crippen molar-refractivity contribution in [3.05, 3.63) is 0 Å². The quantitative estimate of drug-likeness (QED) is 0.329. The Kier molecular flexibility index (Phi) is 9.33. The minimum atomic E-state index is 0.0679. The molecule has 0 heterocycles. The lowest BCUT2D eigenvalue weighted by Gasteiger charge is -2.12. The van der Waals surface area contributed by atoms with Crippen molar-refractivity contribution < 1.29 is 9.16 Å². The second kappa shape index (κ2) is 9.23. The maximum atomic E-state index is 5.22. The fraction of sp³-hybridized carbons (Fsp3) is 1.00. The highest BCUT2D eigenvalue weighted by Gasteiger charge is 2.02. The number of hydrogen-bond acceptors (Lipinski definition) is 2. The van der Waals surface area contributed by atoms with E-state index in [-0.39, 0.29) is 6.29 Å². The predicted molar refractivity (Wildman–Crippen MR) is 55.2 cm³/mol. The molecular weight excluding hydrogens is 168 g/mol. The molecule has 0 aromatic heterocycles. The van der Waals surface area contributed by atoms with Crippen LogP contribution in [0.5, 0.6) is 0 Å². The van der Waals surface area contributed by atoms with Crippen LogP contribution in [0.2, 0.25) is 0 Å². The Labute approximate surface area is 79.2 Å². The second-order valence-corrected chi connectivity index (χ2v) is 3.58. The standard InChI is InChI=1S/C9H22O2Si/c1-3-4-5-6-7-8-9(10-2)11-12/h9H,3-8H2,1-2,12H3. The maximum absolute atomic E-state index is 5.22. The van der Waals surface area contributed by atoms with Crippen molar-refractivity contribution in [2.45, 2.75) is 51.7 Å². The predicted octanol–water partition coefficient (Wildman–Crippen LogP) is 1.62. The van der Waals surface area contributed by atoms with Crippen LogP contribution in [0.25, 0.3) is 0 Å². The summed E-state index contributed by atoms with van der Waals surface area (Å²) in [6.07, 6.45) is 7.71. The van der Waals surface area contributed by atoms with Crippen molar-refractivity contribution in [3.8, 4) is 0 Å². The molecule has 0 amide bonds. The molecule has 74 valence electrons. The summed E-state index contributed by atoms with van der Waals surface area (Å²) >= 11 is 0. The van der Waals surface area contributed by atoms with Crippen LogP contribution in [0.4, 0.5) is 0 Å². The van der Waals surface area contributed by atoms with E-state index in [1.54, 1.807) is 7.11 Å². The number of ether oxygens (including phenoxy) is 1. The van der Waals surface area contributed by atoms with Crippen LogP contribution in [0.1, 0.15) is 45.4 Å². The van der Waals surface area contributed by atoms with Crippen LogP contribution >= 0.6 is 0 Å². The third-order valence-electron chi connectivity index (χ3n) is 2.07. The smallest absolute Gasteiger partial charge is 0.149 e. The van der Waals surface area contributed by atoms with Crippen LogP contribution in [0.15, 0.2) is 0 Å². The average Bonchev–Trinajstić information content (AvgIpc) is 2.11. The first-order chi connectivity index (χ1) is 5.85. The van der Waals surface area contributed by atoms with Crippen LogP contribution in [0.3, 0.4) is 0 Å². The molecule has 0 bridgehead atoms. The fourth-order valence-electron chi connectivity index (χ4n) is 1.25. The van der Waals surface area contributed by atoms with E-state index in [1.165, 1.54) is 32.1 Å². The lowest BCUT2D eigenvalue weighted by molar-refractivity contribution is -0.0551. The molecule has 0 saturated carbocycles. The molecule has 0 aromatic carbocycles. The largest absolute Gasteiger partial charge is 0.404 e. The zero-order chi connectivity index (χ0) is 9.23. The van der Waals surface area contributed by atoms with Crippen LogP contribution in [-0.2, 0) is 9.16 Å². The first-order valence-corrected chi connectivity index (χ1v) is 5.72. The van der Waals surface area contributed by atoms with Crippen LogP contribution in [0, 0.1) is 0 Å². The van der Waals surface area contributed by atoms with E-state index >= 15 is 0 Å². The Morgan fingerprint density at radius 3 is 2.33 bits per heavy atom. The summed E-state index contributed by atoms with van der Waals surface area (Å²) in [5, 5.41) is 0. The summed E-state index contributed by atoms with van der Waals surface area (Å²) in [7, 11) is 2.49. The topological polar surface area (TPSA) is 18.5 Å². The molecule has 0 fully saturated rings. The lowest BCUT2D eigenvalue weighted by Crippen LogP contribution is -2.13. The van der Waals surface area contributed by atoms with Gasteiger partial charge in [0.15, 0.2) is 0 Å². The summed E-state index contributed by atoms with van der Waals surface area (Å²) in [6, 6.07) is 0. The van der Waals surface area contributed by atoms with Crippen molar-refractivity contribution in [2.75, 3.05) is 7.11 Å². The van der Waals surface area contributed by atoms with Crippen molar-refractivity contribution in [3.63, 3.8) is 0 Å². The molecule has 1 unspecified atom stereocenters. The van der Waals surface area contributed by atoms with E-state index < -0.39 is 0 Å². The van der Waals surface area contributed by atoms with Crippen molar-refractivity contribution in [1.82, 2.24) is 0 Å². The van der Waals surface area contributed by atoms with Crippen molar-refractivity contribution >= 4 is 10.5 Å². The molecule has 0 spiro atoms. The van der Waals surface area contributed by atoms with Gasteiger partial charge in [-0.2, -0.15) is 0 Å². The molecule has 0 aliphatic heterocycles. The minimum absolute atomic E-state index is 0.0679. The average molecular weight is 190 g/mol. The highest BCUT2D eigenvalue weighted by atomic mass is 28.2. The molecule has 0 rings (SSSR count).